The van der Waals surface area contributed by atoms with Crippen LogP contribution in [0.3, 0.4) is 0 Å². The van der Waals surface area contributed by atoms with E-state index in [1.165, 1.54) is 17.8 Å². The van der Waals surface area contributed by atoms with Gasteiger partial charge in [-0.05, 0) is 41.4 Å². The van der Waals surface area contributed by atoms with E-state index in [0.717, 1.165) is 24.4 Å². The van der Waals surface area contributed by atoms with Gasteiger partial charge >= 0.3 is 0 Å². The van der Waals surface area contributed by atoms with Crippen LogP contribution in [0.5, 0.6) is 0 Å². The normalized spacial score (nSPS) is 25.0. The number of nitrogens with two attached hydrogens (primary N) is 1. The first-order valence-corrected chi connectivity index (χ1v) is 9.80. The van der Waals surface area contributed by atoms with Crippen LogP contribution in [0.2, 0.25) is 0 Å². The molecule has 2 aliphatic heterocycles. The van der Waals surface area contributed by atoms with Crippen LogP contribution in [-0.4, -0.2) is 49.8 Å². The lowest BCUT2D eigenvalue weighted by molar-refractivity contribution is 0.158. The summed E-state index contributed by atoms with van der Waals surface area (Å²) in [5, 5.41) is 0. The van der Waals surface area contributed by atoms with E-state index in [-0.39, 0.29) is 0 Å². The van der Waals surface area contributed by atoms with Crippen molar-refractivity contribution in [1.82, 2.24) is 9.21 Å². The van der Waals surface area contributed by atoms with Gasteiger partial charge in [0.2, 0.25) is 10.0 Å². The Morgan fingerprint density at radius 3 is 2.90 bits per heavy atom. The molecule has 2 saturated heterocycles. The maximum Gasteiger partial charge on any atom is 0.245 e. The highest BCUT2D eigenvalue weighted by Crippen LogP contribution is 2.34. The van der Waals surface area contributed by atoms with Crippen molar-refractivity contribution < 1.29 is 8.42 Å². The highest BCUT2D eigenvalue weighted by Gasteiger charge is 2.37. The van der Waals surface area contributed by atoms with Gasteiger partial charge in [0.15, 0.2) is 0 Å². The third-order valence-electron chi connectivity index (χ3n) is 4.08. The highest BCUT2D eigenvalue weighted by atomic mass is 79.9. The van der Waals surface area contributed by atoms with Crippen LogP contribution in [-0.2, 0) is 16.6 Å². The lowest BCUT2D eigenvalue weighted by Gasteiger charge is -2.36. The first-order valence-electron chi connectivity index (χ1n) is 6.75. The molecule has 3 heterocycles. The van der Waals surface area contributed by atoms with Gasteiger partial charge in [-0.15, -0.1) is 11.3 Å². The van der Waals surface area contributed by atoms with E-state index >= 15 is 0 Å². The Morgan fingerprint density at radius 2 is 2.20 bits per heavy atom. The smallest absolute Gasteiger partial charge is 0.245 e. The maximum atomic E-state index is 12.8. The van der Waals surface area contributed by atoms with Gasteiger partial charge in [-0.25, -0.2) is 8.42 Å². The topological polar surface area (TPSA) is 66.6 Å². The van der Waals surface area contributed by atoms with Crippen LogP contribution >= 0.6 is 27.3 Å². The number of rotatable bonds is 3. The summed E-state index contributed by atoms with van der Waals surface area (Å²) in [5.41, 5.74) is 5.60. The number of piperazine rings is 1. The summed E-state index contributed by atoms with van der Waals surface area (Å²) in [6, 6.07) is 2.09. The summed E-state index contributed by atoms with van der Waals surface area (Å²) in [6.07, 6.45) is 2.28. The van der Waals surface area contributed by atoms with E-state index in [0.29, 0.717) is 34.4 Å². The quantitative estimate of drug-likeness (QED) is 0.862. The number of hydrogen-bond donors (Lipinski definition) is 1. The molecule has 1 aromatic rings. The second-order valence-electron chi connectivity index (χ2n) is 5.25. The SMILES string of the molecule is NCc1cc(S(=O)(=O)N2CCN3CCCC3C2)c(Br)s1. The van der Waals surface area contributed by atoms with Crippen LogP contribution in [0.4, 0.5) is 0 Å². The third kappa shape index (κ3) is 2.57. The molecule has 5 nitrogen and oxygen atoms in total. The minimum Gasteiger partial charge on any atom is -0.326 e. The van der Waals surface area contributed by atoms with Crippen molar-refractivity contribution in [3.63, 3.8) is 0 Å². The van der Waals surface area contributed by atoms with E-state index in [4.69, 9.17) is 5.73 Å². The fraction of sp³-hybridized carbons (Fsp3) is 0.667. The van der Waals surface area contributed by atoms with Crippen LogP contribution in [0.25, 0.3) is 0 Å². The van der Waals surface area contributed by atoms with Crippen LogP contribution in [0.15, 0.2) is 14.7 Å². The molecule has 8 heteroatoms. The van der Waals surface area contributed by atoms with Crippen molar-refractivity contribution in [3.8, 4) is 0 Å². The second kappa shape index (κ2) is 5.66. The molecule has 0 bridgehead atoms. The summed E-state index contributed by atoms with van der Waals surface area (Å²) < 4.78 is 27.8. The molecule has 2 fully saturated rings. The number of thiophene rings is 1. The number of nitrogens with zero attached hydrogens (tertiary/aromatic N) is 2. The van der Waals surface area contributed by atoms with Crippen LogP contribution in [0.1, 0.15) is 17.7 Å². The highest BCUT2D eigenvalue weighted by molar-refractivity contribution is 9.11. The lowest BCUT2D eigenvalue weighted by atomic mass is 10.2. The monoisotopic (exact) mass is 379 g/mol. The Labute approximate surface area is 131 Å². The zero-order chi connectivity index (χ0) is 14.3. The molecular formula is C12H18BrN3O2S2. The molecule has 20 heavy (non-hydrogen) atoms. The average molecular weight is 380 g/mol. The lowest BCUT2D eigenvalue weighted by Crippen LogP contribution is -2.51. The Bertz CT molecular complexity index is 602. The molecule has 1 unspecified atom stereocenters. The van der Waals surface area contributed by atoms with Crippen LogP contribution < -0.4 is 5.73 Å². The zero-order valence-corrected chi connectivity index (χ0v) is 14.3. The van der Waals surface area contributed by atoms with Gasteiger partial charge in [0.05, 0.1) is 3.79 Å². The predicted octanol–water partition coefficient (Wildman–Crippen LogP) is 1.44. The molecule has 0 aliphatic carbocycles. The van der Waals surface area contributed by atoms with Gasteiger partial charge in [-0.3, -0.25) is 4.90 Å². The van der Waals surface area contributed by atoms with E-state index in [9.17, 15) is 8.42 Å². The number of sulfonamides is 1. The van der Waals surface area contributed by atoms with Gasteiger partial charge in [0.1, 0.15) is 4.90 Å². The van der Waals surface area contributed by atoms with Gasteiger partial charge in [0, 0.05) is 37.1 Å². The molecule has 2 N–H and O–H groups in total. The molecule has 1 atom stereocenters. The Hall–Kier alpha value is 0.01000. The Kier molecular flexibility index (Phi) is 4.22. The standard InChI is InChI=1S/C12H18BrN3O2S2/c13-12-11(6-10(7-14)19-12)20(17,18)16-5-4-15-3-1-2-9(15)8-16/h6,9H,1-5,7-8,14H2. The predicted molar refractivity (Wildman–Crippen MR) is 83.3 cm³/mol. The van der Waals surface area contributed by atoms with Gasteiger partial charge in [-0.1, -0.05) is 0 Å². The molecule has 0 aromatic carbocycles. The van der Waals surface area contributed by atoms with Crippen molar-refractivity contribution in [2.75, 3.05) is 26.2 Å². The van der Waals surface area contributed by atoms with Crippen molar-refractivity contribution >= 4 is 37.3 Å². The van der Waals surface area contributed by atoms with Crippen molar-refractivity contribution in [3.05, 3.63) is 14.7 Å². The van der Waals surface area contributed by atoms with Crippen molar-refractivity contribution in [1.29, 1.82) is 0 Å². The van der Waals surface area contributed by atoms with Crippen LogP contribution in [0, 0.1) is 0 Å². The maximum absolute atomic E-state index is 12.8. The number of halogens is 1. The molecular weight excluding hydrogens is 362 g/mol. The fourth-order valence-corrected chi connectivity index (χ4v) is 6.97. The summed E-state index contributed by atoms with van der Waals surface area (Å²) in [6.45, 7) is 3.52. The van der Waals surface area contributed by atoms with E-state index < -0.39 is 10.0 Å². The summed E-state index contributed by atoms with van der Waals surface area (Å²) in [5.74, 6) is 0. The van der Waals surface area contributed by atoms with Gasteiger partial charge < -0.3 is 5.73 Å². The Balaban J connectivity index is 1.86. The Morgan fingerprint density at radius 1 is 1.40 bits per heavy atom. The molecule has 3 rings (SSSR count). The number of hydrogen-bond acceptors (Lipinski definition) is 5. The van der Waals surface area contributed by atoms with E-state index in [1.54, 1.807) is 10.4 Å². The van der Waals surface area contributed by atoms with Gasteiger partial charge in [0.25, 0.3) is 0 Å². The summed E-state index contributed by atoms with van der Waals surface area (Å²) in [4.78, 5) is 3.66. The molecule has 112 valence electrons. The third-order valence-corrected chi connectivity index (χ3v) is 8.22. The molecule has 0 saturated carbocycles. The minimum absolute atomic E-state index is 0.370. The molecule has 1 aromatic heterocycles. The van der Waals surface area contributed by atoms with E-state index in [2.05, 4.69) is 20.8 Å². The largest absolute Gasteiger partial charge is 0.326 e. The average Bonchev–Trinajstić information content (AvgIpc) is 3.03. The second-order valence-corrected chi connectivity index (χ2v) is 9.61. The fourth-order valence-electron chi connectivity index (χ4n) is 2.99. The number of fused-ring (bicyclic) bond motifs is 1. The minimum atomic E-state index is -3.41. The zero-order valence-electron chi connectivity index (χ0n) is 11.1. The van der Waals surface area contributed by atoms with Gasteiger partial charge in [-0.2, -0.15) is 4.31 Å². The van der Waals surface area contributed by atoms with Crippen molar-refractivity contribution in [2.24, 2.45) is 5.73 Å². The molecule has 0 radical (unpaired) electrons. The summed E-state index contributed by atoms with van der Waals surface area (Å²) >= 11 is 4.76. The van der Waals surface area contributed by atoms with E-state index in [1.807, 2.05) is 0 Å². The first-order chi connectivity index (χ1) is 9.52. The first kappa shape index (κ1) is 14.9. The molecule has 0 amide bonds. The molecule has 2 aliphatic rings. The van der Waals surface area contributed by atoms with Crippen molar-refractivity contribution in [2.45, 2.75) is 30.3 Å². The summed E-state index contributed by atoms with van der Waals surface area (Å²) in [7, 11) is -3.41. The molecule has 0 spiro atoms.